The van der Waals surface area contributed by atoms with Crippen molar-refractivity contribution in [2.24, 2.45) is 16.2 Å². The number of carboxylic acid groups (broad SMARTS) is 4. The van der Waals surface area contributed by atoms with Gasteiger partial charge in [0.15, 0.2) is 10.8 Å². The van der Waals surface area contributed by atoms with E-state index < -0.39 is 46.5 Å². The summed E-state index contributed by atoms with van der Waals surface area (Å²) in [6.45, 7) is 0. The zero-order valence-electron chi connectivity index (χ0n) is 9.75. The molecule has 0 aromatic heterocycles. The van der Waals surface area contributed by atoms with Crippen molar-refractivity contribution in [3.8, 4) is 0 Å². The third-order valence-corrected chi connectivity index (χ3v) is 4.72. The van der Waals surface area contributed by atoms with Gasteiger partial charge in [0.25, 0.3) is 0 Å². The normalized spacial score (nSPS) is 24.8. The highest BCUT2D eigenvalue weighted by atomic mass is 16.4. The molecule has 0 heterocycles. The molecule has 0 aromatic rings. The number of hydrogen-bond acceptors (Lipinski definition) is 4. The monoisotopic (exact) mass is 272 g/mol. The molecular formula is C11H12O8. The molecule has 0 unspecified atom stereocenters. The summed E-state index contributed by atoms with van der Waals surface area (Å²) in [4.78, 5) is 45.5. The van der Waals surface area contributed by atoms with Crippen LogP contribution in [-0.4, -0.2) is 44.3 Å². The van der Waals surface area contributed by atoms with Crippen molar-refractivity contribution >= 4 is 23.9 Å². The first kappa shape index (κ1) is 13.3. The van der Waals surface area contributed by atoms with Crippen molar-refractivity contribution in [3.05, 3.63) is 0 Å². The Morgan fingerprint density at radius 3 is 1.37 bits per heavy atom. The lowest BCUT2D eigenvalue weighted by molar-refractivity contribution is -0.261. The number of carboxylic acids is 4. The van der Waals surface area contributed by atoms with Gasteiger partial charge in [0.2, 0.25) is 0 Å². The molecule has 1 spiro atoms. The van der Waals surface area contributed by atoms with E-state index >= 15 is 0 Å². The van der Waals surface area contributed by atoms with Crippen molar-refractivity contribution in [2.75, 3.05) is 0 Å². The van der Waals surface area contributed by atoms with Crippen LogP contribution >= 0.6 is 0 Å². The van der Waals surface area contributed by atoms with Gasteiger partial charge in [0.05, 0.1) is 0 Å². The Hall–Kier alpha value is -2.12. The molecule has 2 fully saturated rings. The number of aliphatic carboxylic acids is 4. The van der Waals surface area contributed by atoms with E-state index in [0.717, 1.165) is 0 Å². The summed E-state index contributed by atoms with van der Waals surface area (Å²) in [5, 5.41) is 36.8. The van der Waals surface area contributed by atoms with E-state index in [1.54, 1.807) is 0 Å². The summed E-state index contributed by atoms with van der Waals surface area (Å²) >= 11 is 0. The van der Waals surface area contributed by atoms with Crippen LogP contribution < -0.4 is 0 Å². The highest BCUT2D eigenvalue weighted by molar-refractivity contribution is 6.16. The molecule has 0 aliphatic heterocycles. The van der Waals surface area contributed by atoms with E-state index in [0.29, 0.717) is 6.42 Å². The zero-order chi connectivity index (χ0) is 14.6. The minimum Gasteiger partial charge on any atom is -0.480 e. The van der Waals surface area contributed by atoms with Gasteiger partial charge < -0.3 is 20.4 Å². The summed E-state index contributed by atoms with van der Waals surface area (Å²) in [7, 11) is 0. The molecule has 0 saturated heterocycles. The van der Waals surface area contributed by atoms with Crippen LogP contribution in [0.2, 0.25) is 0 Å². The standard InChI is InChI=1S/C11H12O8/c12-5(13)10(6(14)15)4-9(2-1-3-9)11(10,7(16)17)8(18)19/h1-4H2,(H,12,13)(H,14,15)(H,16,17)(H,18,19). The van der Waals surface area contributed by atoms with Gasteiger partial charge in [-0.25, -0.2) is 0 Å². The van der Waals surface area contributed by atoms with Crippen LogP contribution in [0.5, 0.6) is 0 Å². The third-order valence-electron chi connectivity index (χ3n) is 4.72. The number of rotatable bonds is 4. The summed E-state index contributed by atoms with van der Waals surface area (Å²) in [5.74, 6) is -7.61. The van der Waals surface area contributed by atoms with Crippen molar-refractivity contribution < 1.29 is 39.6 Å². The Kier molecular flexibility index (Phi) is 2.42. The van der Waals surface area contributed by atoms with E-state index in [1.807, 2.05) is 0 Å². The SMILES string of the molecule is O=C(O)C1(C(=O)O)CC2(CCC2)C1(C(=O)O)C(=O)O. The van der Waals surface area contributed by atoms with Crippen LogP contribution in [-0.2, 0) is 19.2 Å². The maximum Gasteiger partial charge on any atom is 0.323 e. The summed E-state index contributed by atoms with van der Waals surface area (Å²) < 4.78 is 0. The fourth-order valence-corrected chi connectivity index (χ4v) is 3.75. The fraction of sp³-hybridized carbons (Fsp3) is 0.636. The summed E-state index contributed by atoms with van der Waals surface area (Å²) in [6.07, 6.45) is 0.544. The molecule has 8 heteroatoms. The maximum absolute atomic E-state index is 11.5. The molecule has 2 aliphatic carbocycles. The van der Waals surface area contributed by atoms with Gasteiger partial charge in [-0.15, -0.1) is 0 Å². The van der Waals surface area contributed by atoms with Gasteiger partial charge >= 0.3 is 23.9 Å². The van der Waals surface area contributed by atoms with Crippen LogP contribution in [0.4, 0.5) is 0 Å². The van der Waals surface area contributed by atoms with Crippen LogP contribution in [0.15, 0.2) is 0 Å². The van der Waals surface area contributed by atoms with Crippen LogP contribution in [0.25, 0.3) is 0 Å². The van der Waals surface area contributed by atoms with Crippen molar-refractivity contribution in [3.63, 3.8) is 0 Å². The van der Waals surface area contributed by atoms with Gasteiger partial charge in [0, 0.05) is 5.41 Å². The lowest BCUT2D eigenvalue weighted by Gasteiger charge is -2.66. The van der Waals surface area contributed by atoms with Crippen LogP contribution in [0.1, 0.15) is 25.7 Å². The smallest absolute Gasteiger partial charge is 0.323 e. The van der Waals surface area contributed by atoms with Gasteiger partial charge in [-0.1, -0.05) is 6.42 Å². The second kappa shape index (κ2) is 3.46. The molecule has 0 bridgehead atoms. The van der Waals surface area contributed by atoms with E-state index in [4.69, 9.17) is 10.2 Å². The first-order valence-corrected chi connectivity index (χ1v) is 5.63. The highest BCUT2D eigenvalue weighted by Crippen LogP contribution is 2.75. The number of hydrogen-bond donors (Lipinski definition) is 4. The highest BCUT2D eigenvalue weighted by Gasteiger charge is 2.89. The van der Waals surface area contributed by atoms with Crippen LogP contribution in [0.3, 0.4) is 0 Å². The quantitative estimate of drug-likeness (QED) is 0.517. The van der Waals surface area contributed by atoms with Gasteiger partial charge in [0.1, 0.15) is 0 Å². The predicted molar refractivity (Wildman–Crippen MR) is 56.3 cm³/mol. The van der Waals surface area contributed by atoms with Gasteiger partial charge in [-0.2, -0.15) is 0 Å². The molecule has 19 heavy (non-hydrogen) atoms. The molecule has 0 atom stereocenters. The Labute approximate surface area is 106 Å². The summed E-state index contributed by atoms with van der Waals surface area (Å²) in [5.41, 5.74) is -6.86. The second-order valence-electron chi connectivity index (χ2n) is 5.19. The second-order valence-corrected chi connectivity index (χ2v) is 5.19. The van der Waals surface area contributed by atoms with E-state index in [1.165, 1.54) is 0 Å². The molecule has 2 rings (SSSR count). The Bertz CT molecular complexity index is 473. The Morgan fingerprint density at radius 1 is 0.737 bits per heavy atom. The summed E-state index contributed by atoms with van der Waals surface area (Å²) in [6, 6.07) is 0. The third kappa shape index (κ3) is 1.05. The molecule has 0 radical (unpaired) electrons. The van der Waals surface area contributed by atoms with Crippen molar-refractivity contribution in [2.45, 2.75) is 25.7 Å². The van der Waals surface area contributed by atoms with Gasteiger partial charge in [-0.05, 0) is 19.3 Å². The molecule has 104 valence electrons. The van der Waals surface area contributed by atoms with E-state index in [9.17, 15) is 29.4 Å². The first-order chi connectivity index (χ1) is 8.69. The minimum atomic E-state index is -2.80. The van der Waals surface area contributed by atoms with Crippen LogP contribution in [0, 0.1) is 16.2 Å². The average molecular weight is 272 g/mol. The largest absolute Gasteiger partial charge is 0.480 e. The Morgan fingerprint density at radius 2 is 1.16 bits per heavy atom. The maximum atomic E-state index is 11.5. The molecule has 8 nitrogen and oxygen atoms in total. The lowest BCUT2D eigenvalue weighted by Crippen LogP contribution is -2.79. The van der Waals surface area contributed by atoms with E-state index in [-0.39, 0.29) is 12.8 Å². The average Bonchev–Trinajstić information content (AvgIpc) is 2.11. The number of carbonyl (C=O) groups is 4. The zero-order valence-corrected chi connectivity index (χ0v) is 9.75. The van der Waals surface area contributed by atoms with Gasteiger partial charge in [-0.3, -0.25) is 19.2 Å². The topological polar surface area (TPSA) is 149 Å². The molecule has 2 aliphatic rings. The predicted octanol–water partition coefficient (Wildman–Crippen LogP) is -0.128. The fourth-order valence-electron chi connectivity index (χ4n) is 3.75. The molecule has 0 aromatic carbocycles. The molecule has 2 saturated carbocycles. The lowest BCUT2D eigenvalue weighted by atomic mass is 9.31. The first-order valence-electron chi connectivity index (χ1n) is 5.63. The van der Waals surface area contributed by atoms with Crippen molar-refractivity contribution in [1.82, 2.24) is 0 Å². The van der Waals surface area contributed by atoms with Crippen molar-refractivity contribution in [1.29, 1.82) is 0 Å². The Balaban J connectivity index is 2.71. The molecular weight excluding hydrogens is 260 g/mol. The van der Waals surface area contributed by atoms with E-state index in [2.05, 4.69) is 0 Å². The molecule has 0 amide bonds. The minimum absolute atomic E-state index is 0.216. The molecule has 4 N–H and O–H groups in total.